The average molecular weight is 266 g/mol. The van der Waals surface area contributed by atoms with Gasteiger partial charge in [0.15, 0.2) is 0 Å². The Hall–Kier alpha value is -1.16. The van der Waals surface area contributed by atoms with Gasteiger partial charge in [-0.25, -0.2) is 0 Å². The number of hydrogen-bond acceptors (Lipinski definition) is 3. The first kappa shape index (κ1) is 13.3. The van der Waals surface area contributed by atoms with Crippen molar-refractivity contribution in [3.63, 3.8) is 0 Å². The van der Waals surface area contributed by atoms with Crippen molar-refractivity contribution < 1.29 is 14.6 Å². The Morgan fingerprint density at radius 1 is 1.50 bits per heavy atom. The average Bonchev–Trinajstić information content (AvgIpc) is 2.72. The quantitative estimate of drug-likeness (QED) is 0.890. The van der Waals surface area contributed by atoms with Crippen LogP contribution >= 0.6 is 11.8 Å². The van der Waals surface area contributed by atoms with Crippen LogP contribution in [0.2, 0.25) is 0 Å². The number of ether oxygens (including phenoxy) is 1. The summed E-state index contributed by atoms with van der Waals surface area (Å²) >= 11 is 1.52. The predicted molar refractivity (Wildman–Crippen MR) is 73.4 cm³/mol. The van der Waals surface area contributed by atoms with Gasteiger partial charge in [-0.3, -0.25) is 4.79 Å². The first-order valence-corrected chi connectivity index (χ1v) is 7.20. The zero-order chi connectivity index (χ0) is 13.1. The lowest BCUT2D eigenvalue weighted by molar-refractivity contribution is -0.137. The number of carboxylic acids is 1. The minimum absolute atomic E-state index is 0.144. The highest BCUT2D eigenvalue weighted by molar-refractivity contribution is 8.00. The molecule has 4 heteroatoms. The molecule has 2 rings (SSSR count). The molecule has 1 aliphatic rings. The Kier molecular flexibility index (Phi) is 4.17. The molecule has 1 N–H and O–H groups in total. The van der Waals surface area contributed by atoms with E-state index in [1.54, 1.807) is 0 Å². The van der Waals surface area contributed by atoms with Crippen LogP contribution < -0.4 is 4.74 Å². The van der Waals surface area contributed by atoms with Crippen LogP contribution in [0.3, 0.4) is 0 Å². The summed E-state index contributed by atoms with van der Waals surface area (Å²) in [6.07, 6.45) is 0. The summed E-state index contributed by atoms with van der Waals surface area (Å²) < 4.78 is 5.60. The Morgan fingerprint density at radius 2 is 2.22 bits per heavy atom. The van der Waals surface area contributed by atoms with E-state index in [1.165, 1.54) is 17.3 Å². The maximum absolute atomic E-state index is 11.1. The monoisotopic (exact) mass is 266 g/mol. The molecule has 1 aromatic rings. The molecular formula is C14H18O3S. The second-order valence-electron chi connectivity index (χ2n) is 4.88. The topological polar surface area (TPSA) is 46.5 Å². The molecule has 1 aliphatic heterocycles. The van der Waals surface area contributed by atoms with E-state index in [9.17, 15) is 4.79 Å². The lowest BCUT2D eigenvalue weighted by Gasteiger charge is -2.17. The zero-order valence-electron chi connectivity index (χ0n) is 10.6. The summed E-state index contributed by atoms with van der Waals surface area (Å²) in [6, 6.07) is 8.00. The Balaban J connectivity index is 1.98. The minimum Gasteiger partial charge on any atom is -0.493 e. The van der Waals surface area contributed by atoms with Crippen molar-refractivity contribution in [1.29, 1.82) is 0 Å². The summed E-state index contributed by atoms with van der Waals surface area (Å²) in [4.78, 5) is 11.1. The van der Waals surface area contributed by atoms with E-state index < -0.39 is 5.97 Å². The number of carbonyl (C=O) groups is 1. The molecule has 0 spiro atoms. The Labute approximate surface area is 112 Å². The fourth-order valence-electron chi connectivity index (χ4n) is 2.14. The fraction of sp³-hybridized carbons (Fsp3) is 0.500. The SMILES string of the molecule is CC(C)C(SCC1COc2ccccc21)C(=O)O. The maximum atomic E-state index is 11.1. The number of benzene rings is 1. The highest BCUT2D eigenvalue weighted by Crippen LogP contribution is 2.36. The third-order valence-electron chi connectivity index (χ3n) is 3.12. The molecule has 2 unspecified atom stereocenters. The van der Waals surface area contributed by atoms with Gasteiger partial charge in [0, 0.05) is 17.2 Å². The van der Waals surface area contributed by atoms with Gasteiger partial charge in [0.05, 0.1) is 6.61 Å². The normalized spacial score (nSPS) is 19.4. The maximum Gasteiger partial charge on any atom is 0.316 e. The van der Waals surface area contributed by atoms with Crippen molar-refractivity contribution in [2.24, 2.45) is 5.92 Å². The van der Waals surface area contributed by atoms with E-state index >= 15 is 0 Å². The molecule has 0 amide bonds. The second-order valence-corrected chi connectivity index (χ2v) is 6.06. The highest BCUT2D eigenvalue weighted by Gasteiger charge is 2.28. The standard InChI is InChI=1S/C14H18O3S/c1-9(2)13(14(15)16)18-8-10-7-17-12-6-4-3-5-11(10)12/h3-6,9-10,13H,7-8H2,1-2H3,(H,15,16). The van der Waals surface area contributed by atoms with Crippen LogP contribution in [0, 0.1) is 5.92 Å². The molecule has 0 fully saturated rings. The number of carboxylic acid groups (broad SMARTS) is 1. The minimum atomic E-state index is -0.720. The predicted octanol–water partition coefficient (Wildman–Crippen LogP) is 3.01. The molecule has 2 atom stereocenters. The first-order chi connectivity index (χ1) is 8.59. The number of hydrogen-bond donors (Lipinski definition) is 1. The molecular weight excluding hydrogens is 248 g/mol. The number of rotatable bonds is 5. The number of aliphatic carboxylic acids is 1. The van der Waals surface area contributed by atoms with Crippen molar-refractivity contribution in [2.75, 3.05) is 12.4 Å². The number of para-hydroxylation sites is 1. The largest absolute Gasteiger partial charge is 0.493 e. The lowest BCUT2D eigenvalue weighted by Crippen LogP contribution is -2.24. The summed E-state index contributed by atoms with van der Waals surface area (Å²) in [6.45, 7) is 4.56. The molecule has 0 aromatic heterocycles. The number of thioether (sulfide) groups is 1. The van der Waals surface area contributed by atoms with Crippen molar-refractivity contribution in [2.45, 2.75) is 25.0 Å². The van der Waals surface area contributed by atoms with Crippen LogP contribution in [-0.4, -0.2) is 28.7 Å². The van der Waals surface area contributed by atoms with Crippen LogP contribution in [0.15, 0.2) is 24.3 Å². The van der Waals surface area contributed by atoms with Gasteiger partial charge in [-0.15, -0.1) is 11.8 Å². The summed E-state index contributed by atoms with van der Waals surface area (Å²) in [5.74, 6) is 1.48. The van der Waals surface area contributed by atoms with Gasteiger partial charge < -0.3 is 9.84 Å². The van der Waals surface area contributed by atoms with Gasteiger partial charge in [0.2, 0.25) is 0 Å². The van der Waals surface area contributed by atoms with Gasteiger partial charge >= 0.3 is 5.97 Å². The van der Waals surface area contributed by atoms with Crippen LogP contribution in [0.25, 0.3) is 0 Å². The van der Waals surface area contributed by atoms with Crippen LogP contribution in [-0.2, 0) is 4.79 Å². The molecule has 18 heavy (non-hydrogen) atoms. The molecule has 1 aromatic carbocycles. The van der Waals surface area contributed by atoms with Gasteiger partial charge in [0.25, 0.3) is 0 Å². The van der Waals surface area contributed by atoms with Crippen molar-refractivity contribution in [3.8, 4) is 5.75 Å². The summed E-state index contributed by atoms with van der Waals surface area (Å²) in [5.41, 5.74) is 1.21. The number of fused-ring (bicyclic) bond motifs is 1. The van der Waals surface area contributed by atoms with Crippen LogP contribution in [0.4, 0.5) is 0 Å². The zero-order valence-corrected chi connectivity index (χ0v) is 11.4. The Bertz CT molecular complexity index is 431. The molecule has 0 aliphatic carbocycles. The lowest BCUT2D eigenvalue weighted by atomic mass is 10.0. The Morgan fingerprint density at radius 3 is 2.89 bits per heavy atom. The molecule has 98 valence electrons. The summed E-state index contributed by atoms with van der Waals surface area (Å²) in [5, 5.41) is 8.83. The van der Waals surface area contributed by atoms with E-state index in [2.05, 4.69) is 6.07 Å². The van der Waals surface area contributed by atoms with E-state index in [4.69, 9.17) is 9.84 Å². The second kappa shape index (κ2) is 5.65. The molecule has 0 saturated carbocycles. The van der Waals surface area contributed by atoms with Crippen molar-refractivity contribution >= 4 is 17.7 Å². The summed E-state index contributed by atoms with van der Waals surface area (Å²) in [7, 11) is 0. The van der Waals surface area contributed by atoms with E-state index in [0.29, 0.717) is 12.5 Å². The molecule has 3 nitrogen and oxygen atoms in total. The first-order valence-electron chi connectivity index (χ1n) is 6.15. The smallest absolute Gasteiger partial charge is 0.316 e. The third kappa shape index (κ3) is 2.80. The van der Waals surface area contributed by atoms with Gasteiger partial charge in [-0.05, 0) is 12.0 Å². The van der Waals surface area contributed by atoms with E-state index in [0.717, 1.165) is 11.5 Å². The van der Waals surface area contributed by atoms with Gasteiger partial charge in [-0.2, -0.15) is 0 Å². The third-order valence-corrected chi connectivity index (χ3v) is 4.82. The molecule has 0 bridgehead atoms. The fourth-order valence-corrected chi connectivity index (χ4v) is 3.38. The van der Waals surface area contributed by atoms with Crippen molar-refractivity contribution in [1.82, 2.24) is 0 Å². The van der Waals surface area contributed by atoms with Gasteiger partial charge in [-0.1, -0.05) is 32.0 Å². The van der Waals surface area contributed by atoms with Crippen LogP contribution in [0.1, 0.15) is 25.3 Å². The molecule has 1 heterocycles. The van der Waals surface area contributed by atoms with Gasteiger partial charge in [0.1, 0.15) is 11.0 Å². The van der Waals surface area contributed by atoms with E-state index in [-0.39, 0.29) is 11.2 Å². The van der Waals surface area contributed by atoms with Crippen LogP contribution in [0.5, 0.6) is 5.75 Å². The van der Waals surface area contributed by atoms with Crippen molar-refractivity contribution in [3.05, 3.63) is 29.8 Å². The van der Waals surface area contributed by atoms with E-state index in [1.807, 2.05) is 32.0 Å². The highest BCUT2D eigenvalue weighted by atomic mass is 32.2. The molecule has 0 saturated heterocycles. The molecule has 0 radical (unpaired) electrons.